The highest BCUT2D eigenvalue weighted by atomic mass is 16.5. The van der Waals surface area contributed by atoms with Crippen molar-refractivity contribution in [3.8, 4) is 11.5 Å². The number of aryl methyl sites for hydroxylation is 2. The predicted molar refractivity (Wildman–Crippen MR) is 106 cm³/mol. The number of ketones is 1. The lowest BCUT2D eigenvalue weighted by Crippen LogP contribution is -2.28. The second-order valence-corrected chi connectivity index (χ2v) is 6.35. The summed E-state index contributed by atoms with van der Waals surface area (Å²) >= 11 is 0. The number of benzene rings is 2. The van der Waals surface area contributed by atoms with E-state index in [2.05, 4.69) is 11.4 Å². The van der Waals surface area contributed by atoms with Gasteiger partial charge in [-0.3, -0.25) is 9.59 Å². The summed E-state index contributed by atoms with van der Waals surface area (Å²) in [4.78, 5) is 24.1. The van der Waals surface area contributed by atoms with Gasteiger partial charge in [0.05, 0.1) is 13.2 Å². The minimum absolute atomic E-state index is 0.0558. The van der Waals surface area contributed by atoms with E-state index in [4.69, 9.17) is 9.47 Å². The second-order valence-electron chi connectivity index (χ2n) is 6.35. The number of rotatable bonds is 10. The highest BCUT2D eigenvalue weighted by Gasteiger charge is 2.09. The summed E-state index contributed by atoms with van der Waals surface area (Å²) in [6.45, 7) is 7.32. The van der Waals surface area contributed by atoms with Gasteiger partial charge in [-0.05, 0) is 56.7 Å². The Morgan fingerprint density at radius 3 is 2.37 bits per heavy atom. The zero-order valence-corrected chi connectivity index (χ0v) is 16.2. The van der Waals surface area contributed by atoms with Crippen molar-refractivity contribution in [2.75, 3.05) is 19.8 Å². The molecule has 2 rings (SSSR count). The molecule has 0 heterocycles. The fourth-order valence-electron chi connectivity index (χ4n) is 2.68. The van der Waals surface area contributed by atoms with E-state index in [-0.39, 0.29) is 24.5 Å². The van der Waals surface area contributed by atoms with Gasteiger partial charge in [0.25, 0.3) is 0 Å². The summed E-state index contributed by atoms with van der Waals surface area (Å²) in [5.74, 6) is 1.34. The summed E-state index contributed by atoms with van der Waals surface area (Å²) in [5.41, 5.74) is 2.84. The fourth-order valence-corrected chi connectivity index (χ4v) is 2.68. The average Bonchev–Trinajstić information content (AvgIpc) is 2.65. The molecule has 0 bridgehead atoms. The van der Waals surface area contributed by atoms with Crippen molar-refractivity contribution in [3.05, 3.63) is 59.2 Å². The maximum Gasteiger partial charge on any atom is 0.220 e. The third kappa shape index (κ3) is 6.77. The number of nitrogens with one attached hydrogen (secondary N) is 1. The molecule has 0 fully saturated rings. The number of amides is 1. The molecule has 0 aromatic heterocycles. The molecule has 2 aromatic carbocycles. The van der Waals surface area contributed by atoms with Gasteiger partial charge in [-0.2, -0.15) is 0 Å². The molecule has 0 radical (unpaired) electrons. The monoisotopic (exact) mass is 369 g/mol. The highest BCUT2D eigenvalue weighted by molar-refractivity contribution is 5.98. The third-order valence-electron chi connectivity index (χ3n) is 4.08. The van der Waals surface area contributed by atoms with Gasteiger partial charge in [0.2, 0.25) is 5.91 Å². The van der Waals surface area contributed by atoms with Gasteiger partial charge in [0.15, 0.2) is 5.78 Å². The second kappa shape index (κ2) is 10.4. The van der Waals surface area contributed by atoms with Gasteiger partial charge in [0, 0.05) is 18.4 Å². The Labute approximate surface area is 160 Å². The first-order valence-corrected chi connectivity index (χ1v) is 9.22. The quantitative estimate of drug-likeness (QED) is 0.510. The van der Waals surface area contributed by atoms with Crippen LogP contribution in [0, 0.1) is 13.8 Å². The lowest BCUT2D eigenvalue weighted by Gasteiger charge is -2.10. The maximum atomic E-state index is 12.2. The Balaban J connectivity index is 1.67. The minimum atomic E-state index is -0.154. The van der Waals surface area contributed by atoms with Crippen molar-refractivity contribution in [3.63, 3.8) is 0 Å². The first kappa shape index (κ1) is 20.5. The Morgan fingerprint density at radius 1 is 0.963 bits per heavy atom. The summed E-state index contributed by atoms with van der Waals surface area (Å²) in [7, 11) is 0. The number of hydrogen-bond donors (Lipinski definition) is 1. The van der Waals surface area contributed by atoms with Crippen LogP contribution in [-0.2, 0) is 4.79 Å². The van der Waals surface area contributed by atoms with Crippen molar-refractivity contribution in [2.24, 2.45) is 0 Å². The zero-order chi connectivity index (χ0) is 19.6. The van der Waals surface area contributed by atoms with E-state index >= 15 is 0 Å². The van der Waals surface area contributed by atoms with Crippen molar-refractivity contribution in [1.29, 1.82) is 0 Å². The average molecular weight is 369 g/mol. The predicted octanol–water partition coefficient (Wildman–Crippen LogP) is 3.86. The van der Waals surface area contributed by atoms with Gasteiger partial charge in [0.1, 0.15) is 18.1 Å². The summed E-state index contributed by atoms with van der Waals surface area (Å²) < 4.78 is 11.0. The van der Waals surface area contributed by atoms with Crippen molar-refractivity contribution >= 4 is 11.7 Å². The maximum absolute atomic E-state index is 12.2. The van der Waals surface area contributed by atoms with Crippen molar-refractivity contribution < 1.29 is 19.1 Å². The third-order valence-corrected chi connectivity index (χ3v) is 4.08. The Bertz CT molecular complexity index is 768. The molecule has 0 aliphatic rings. The lowest BCUT2D eigenvalue weighted by molar-refractivity contribution is -0.121. The number of ether oxygens (including phenoxy) is 2. The van der Waals surface area contributed by atoms with Crippen LogP contribution in [0.5, 0.6) is 11.5 Å². The van der Waals surface area contributed by atoms with Crippen LogP contribution in [0.3, 0.4) is 0 Å². The number of carbonyl (C=O) groups excluding carboxylic acids is 2. The van der Waals surface area contributed by atoms with Gasteiger partial charge >= 0.3 is 0 Å². The molecule has 1 N–H and O–H groups in total. The summed E-state index contributed by atoms with van der Waals surface area (Å²) in [5, 5.41) is 2.78. The Morgan fingerprint density at radius 2 is 1.70 bits per heavy atom. The molecule has 27 heavy (non-hydrogen) atoms. The summed E-state index contributed by atoms with van der Waals surface area (Å²) in [6, 6.07) is 13.0. The first-order valence-electron chi connectivity index (χ1n) is 9.22. The van der Waals surface area contributed by atoms with Crippen LogP contribution in [0.1, 0.15) is 41.3 Å². The molecule has 0 spiro atoms. The van der Waals surface area contributed by atoms with Crippen LogP contribution in [0.4, 0.5) is 0 Å². The number of Topliss-reactive ketones (excluding diaryl/α,β-unsaturated/α-hetero) is 1. The molecule has 0 saturated carbocycles. The van der Waals surface area contributed by atoms with Crippen molar-refractivity contribution in [1.82, 2.24) is 5.32 Å². The van der Waals surface area contributed by atoms with E-state index in [0.717, 1.165) is 17.1 Å². The number of carbonyl (C=O) groups is 2. The topological polar surface area (TPSA) is 64.6 Å². The first-order chi connectivity index (χ1) is 13.0. The molecular formula is C22H27NO4. The standard InChI is InChI=1S/C22H27NO4/c1-4-26-19-8-6-18(7-9-19)20(24)10-12-22(25)23-13-14-27-21-11-5-16(2)15-17(21)3/h5-9,11,15H,4,10,12-14H2,1-3H3,(H,23,25). The van der Waals surface area contributed by atoms with Gasteiger partial charge in [-0.1, -0.05) is 17.7 Å². The van der Waals surface area contributed by atoms with Crippen LogP contribution >= 0.6 is 0 Å². The molecule has 0 atom stereocenters. The van der Waals surface area contributed by atoms with Gasteiger partial charge in [-0.15, -0.1) is 0 Å². The molecule has 2 aromatic rings. The lowest BCUT2D eigenvalue weighted by atomic mass is 10.1. The van der Waals surface area contributed by atoms with Crippen LogP contribution in [-0.4, -0.2) is 31.4 Å². The van der Waals surface area contributed by atoms with E-state index < -0.39 is 0 Å². The van der Waals surface area contributed by atoms with E-state index in [1.165, 1.54) is 5.56 Å². The Hall–Kier alpha value is -2.82. The van der Waals surface area contributed by atoms with Crippen LogP contribution in [0.15, 0.2) is 42.5 Å². The molecule has 5 heteroatoms. The van der Waals surface area contributed by atoms with E-state index in [0.29, 0.717) is 25.3 Å². The molecular weight excluding hydrogens is 342 g/mol. The Kier molecular flexibility index (Phi) is 7.86. The van der Waals surface area contributed by atoms with Crippen LogP contribution in [0.25, 0.3) is 0 Å². The highest BCUT2D eigenvalue weighted by Crippen LogP contribution is 2.18. The van der Waals surface area contributed by atoms with Crippen LogP contribution in [0.2, 0.25) is 0 Å². The smallest absolute Gasteiger partial charge is 0.220 e. The van der Waals surface area contributed by atoms with Gasteiger partial charge < -0.3 is 14.8 Å². The molecule has 0 unspecified atom stereocenters. The van der Waals surface area contributed by atoms with Gasteiger partial charge in [-0.25, -0.2) is 0 Å². The molecule has 5 nitrogen and oxygen atoms in total. The minimum Gasteiger partial charge on any atom is -0.494 e. The van der Waals surface area contributed by atoms with E-state index in [1.807, 2.05) is 32.9 Å². The number of hydrogen-bond acceptors (Lipinski definition) is 4. The van der Waals surface area contributed by atoms with E-state index in [9.17, 15) is 9.59 Å². The molecule has 144 valence electrons. The molecule has 0 aliphatic heterocycles. The SMILES string of the molecule is CCOc1ccc(C(=O)CCC(=O)NCCOc2ccc(C)cc2C)cc1. The van der Waals surface area contributed by atoms with E-state index in [1.54, 1.807) is 24.3 Å². The molecule has 1 amide bonds. The molecule has 0 aliphatic carbocycles. The normalized spacial score (nSPS) is 10.3. The van der Waals surface area contributed by atoms with Crippen molar-refractivity contribution in [2.45, 2.75) is 33.6 Å². The van der Waals surface area contributed by atoms with Crippen LogP contribution < -0.4 is 14.8 Å². The zero-order valence-electron chi connectivity index (χ0n) is 16.2. The summed E-state index contributed by atoms with van der Waals surface area (Å²) in [6.07, 6.45) is 0.341. The molecule has 0 saturated heterocycles. The fraction of sp³-hybridized carbons (Fsp3) is 0.364. The largest absolute Gasteiger partial charge is 0.494 e.